The maximum absolute atomic E-state index is 13.0. The maximum atomic E-state index is 13.0. The van der Waals surface area contributed by atoms with Gasteiger partial charge in [-0.15, -0.1) is 11.8 Å². The molecule has 1 aromatic rings. The van der Waals surface area contributed by atoms with Crippen molar-refractivity contribution in [3.05, 3.63) is 41.2 Å². The summed E-state index contributed by atoms with van der Waals surface area (Å²) in [6.07, 6.45) is 6.06. The zero-order valence-electron chi connectivity index (χ0n) is 14.4. The van der Waals surface area contributed by atoms with E-state index < -0.39 is 17.8 Å². The van der Waals surface area contributed by atoms with E-state index in [0.29, 0.717) is 18.7 Å². The second-order valence-electron chi connectivity index (χ2n) is 6.21. The van der Waals surface area contributed by atoms with Gasteiger partial charge in [0, 0.05) is 42.3 Å². The van der Waals surface area contributed by atoms with Crippen LogP contribution in [0.2, 0.25) is 0 Å². The van der Waals surface area contributed by atoms with Gasteiger partial charge < -0.3 is 14.7 Å². The lowest BCUT2D eigenvalue weighted by atomic mass is 9.99. The lowest BCUT2D eigenvalue weighted by Crippen LogP contribution is -2.40. The molecule has 26 heavy (non-hydrogen) atoms. The summed E-state index contributed by atoms with van der Waals surface area (Å²) in [7, 11) is 0. The molecule has 0 aliphatic carbocycles. The normalized spacial score (nSPS) is 23.0. The quantitative estimate of drug-likeness (QED) is 0.724. The molecule has 2 aliphatic heterocycles. The fourth-order valence-corrected chi connectivity index (χ4v) is 4.28. The number of pyridine rings is 1. The predicted octanol–water partition coefficient (Wildman–Crippen LogP) is 1.75. The van der Waals surface area contributed by atoms with E-state index in [0.717, 1.165) is 12.8 Å². The average Bonchev–Trinajstić information content (AvgIpc) is 3.23. The molecule has 2 aliphatic rings. The number of aromatic nitrogens is 1. The van der Waals surface area contributed by atoms with E-state index in [-0.39, 0.29) is 28.9 Å². The van der Waals surface area contributed by atoms with Gasteiger partial charge in [-0.25, -0.2) is 0 Å². The zero-order chi connectivity index (χ0) is 18.7. The third-order valence-corrected chi connectivity index (χ3v) is 5.47. The van der Waals surface area contributed by atoms with Gasteiger partial charge in [0.2, 0.25) is 0 Å². The number of rotatable bonds is 7. The van der Waals surface area contributed by atoms with Crippen LogP contribution in [-0.4, -0.2) is 63.5 Å². The number of thioether (sulfide) groups is 1. The average molecular weight is 376 g/mol. The molecule has 7 nitrogen and oxygen atoms in total. The van der Waals surface area contributed by atoms with Gasteiger partial charge in [-0.3, -0.25) is 19.4 Å². The van der Waals surface area contributed by atoms with Crippen molar-refractivity contribution in [3.63, 3.8) is 0 Å². The smallest absolute Gasteiger partial charge is 0.308 e. The van der Waals surface area contributed by atoms with Crippen molar-refractivity contribution in [2.75, 3.05) is 19.4 Å². The first kappa shape index (κ1) is 18.6. The highest BCUT2D eigenvalue weighted by molar-refractivity contribution is 7.99. The number of carbonyl (C=O) groups excluding carboxylic acids is 2. The molecule has 1 amide bonds. The van der Waals surface area contributed by atoms with Crippen LogP contribution in [0, 0.1) is 0 Å². The number of Topliss-reactive ketones (excluding diaryl/α,β-unsaturated/α-hetero) is 1. The second-order valence-corrected chi connectivity index (χ2v) is 7.13. The zero-order valence-corrected chi connectivity index (χ0v) is 15.2. The molecule has 3 heterocycles. The molecule has 1 saturated heterocycles. The van der Waals surface area contributed by atoms with Gasteiger partial charge >= 0.3 is 5.97 Å². The lowest BCUT2D eigenvalue weighted by molar-refractivity contribution is -0.137. The molecule has 0 saturated carbocycles. The highest BCUT2D eigenvalue weighted by atomic mass is 32.2. The van der Waals surface area contributed by atoms with E-state index in [1.165, 1.54) is 24.2 Å². The van der Waals surface area contributed by atoms with E-state index >= 15 is 0 Å². The molecule has 8 heteroatoms. The van der Waals surface area contributed by atoms with Crippen molar-refractivity contribution in [1.29, 1.82) is 0 Å². The van der Waals surface area contributed by atoms with Gasteiger partial charge in [0.1, 0.15) is 5.37 Å². The standard InChI is InChI=1S/C18H20N2O5S/c1-26-18-15(16(23)11-4-6-19-7-5-11)13(9-14(21)22)17(24)20(18)10-12-3-2-8-25-12/h4-7,12,18H,2-3,8-10H2,1H3,(H,21,22)/t12-,18-/m0/s1. The monoisotopic (exact) mass is 376 g/mol. The molecule has 2 atom stereocenters. The summed E-state index contributed by atoms with van der Waals surface area (Å²) in [6.45, 7) is 1.02. The fourth-order valence-electron chi connectivity index (χ4n) is 3.36. The number of carboxylic acid groups (broad SMARTS) is 1. The Labute approximate surface area is 155 Å². The van der Waals surface area contributed by atoms with Gasteiger partial charge in [0.05, 0.1) is 12.5 Å². The Kier molecular flexibility index (Phi) is 5.73. The van der Waals surface area contributed by atoms with Crippen LogP contribution in [0.1, 0.15) is 29.6 Å². The Morgan fingerprint density at radius 1 is 1.38 bits per heavy atom. The summed E-state index contributed by atoms with van der Waals surface area (Å²) in [5.74, 6) is -1.85. The molecule has 1 aromatic heterocycles. The molecule has 138 valence electrons. The van der Waals surface area contributed by atoms with Crippen molar-refractivity contribution in [2.45, 2.75) is 30.7 Å². The maximum Gasteiger partial charge on any atom is 0.308 e. The van der Waals surface area contributed by atoms with Gasteiger partial charge in [0.15, 0.2) is 5.78 Å². The molecule has 1 fully saturated rings. The number of hydrogen-bond donors (Lipinski definition) is 1. The Morgan fingerprint density at radius 2 is 2.12 bits per heavy atom. The molecule has 0 radical (unpaired) electrons. The number of hydrogen-bond acceptors (Lipinski definition) is 6. The first-order valence-corrected chi connectivity index (χ1v) is 9.66. The van der Waals surface area contributed by atoms with Crippen LogP contribution in [0.5, 0.6) is 0 Å². The number of amides is 1. The van der Waals surface area contributed by atoms with Crippen LogP contribution in [0.15, 0.2) is 35.7 Å². The third kappa shape index (κ3) is 3.66. The summed E-state index contributed by atoms with van der Waals surface area (Å²) in [4.78, 5) is 42.7. The number of aliphatic carboxylic acids is 1. The van der Waals surface area contributed by atoms with Crippen molar-refractivity contribution in [3.8, 4) is 0 Å². The van der Waals surface area contributed by atoms with Crippen LogP contribution in [-0.2, 0) is 14.3 Å². The van der Waals surface area contributed by atoms with E-state index in [2.05, 4.69) is 4.98 Å². The SMILES string of the molecule is CS[C@H]1C(C(=O)c2ccncc2)=C(CC(=O)O)C(=O)N1C[C@@H]1CCCO1. The molecule has 3 rings (SSSR count). The topological polar surface area (TPSA) is 96.8 Å². The first-order chi connectivity index (χ1) is 12.5. The summed E-state index contributed by atoms with van der Waals surface area (Å²) >= 11 is 1.35. The van der Waals surface area contributed by atoms with Crippen molar-refractivity contribution < 1.29 is 24.2 Å². The Bertz CT molecular complexity index is 743. The lowest BCUT2D eigenvalue weighted by Gasteiger charge is -2.27. The fraction of sp³-hybridized carbons (Fsp3) is 0.444. The van der Waals surface area contributed by atoms with Crippen molar-refractivity contribution in [2.24, 2.45) is 0 Å². The minimum absolute atomic E-state index is 0.0664. The number of ketones is 1. The molecule has 0 unspecified atom stereocenters. The third-order valence-electron chi connectivity index (χ3n) is 4.54. The Balaban J connectivity index is 1.96. The molecule has 0 spiro atoms. The summed E-state index contributed by atoms with van der Waals surface area (Å²) in [5.41, 5.74) is 0.717. The molecule has 0 aromatic carbocycles. The number of carboxylic acids is 1. The summed E-state index contributed by atoms with van der Waals surface area (Å²) in [6, 6.07) is 3.14. The number of nitrogens with zero attached hydrogens (tertiary/aromatic N) is 2. The van der Waals surface area contributed by atoms with Crippen LogP contribution < -0.4 is 0 Å². The van der Waals surface area contributed by atoms with E-state index in [9.17, 15) is 19.5 Å². The predicted molar refractivity (Wildman–Crippen MR) is 95.8 cm³/mol. The summed E-state index contributed by atoms with van der Waals surface area (Å²) < 4.78 is 5.62. The van der Waals surface area contributed by atoms with Gasteiger partial charge in [-0.2, -0.15) is 0 Å². The minimum Gasteiger partial charge on any atom is -0.481 e. The van der Waals surface area contributed by atoms with Crippen molar-refractivity contribution in [1.82, 2.24) is 9.88 Å². The van der Waals surface area contributed by atoms with E-state index in [1.807, 2.05) is 6.26 Å². The Hall–Kier alpha value is -2.19. The van der Waals surface area contributed by atoms with E-state index in [4.69, 9.17) is 4.74 Å². The molecule has 1 N–H and O–H groups in total. The molecular weight excluding hydrogens is 356 g/mol. The second kappa shape index (κ2) is 8.01. The Morgan fingerprint density at radius 3 is 2.69 bits per heavy atom. The molecular formula is C18H20N2O5S. The first-order valence-electron chi connectivity index (χ1n) is 8.38. The van der Waals surface area contributed by atoms with Gasteiger partial charge in [-0.1, -0.05) is 0 Å². The highest BCUT2D eigenvalue weighted by Crippen LogP contribution is 2.36. The van der Waals surface area contributed by atoms with Crippen LogP contribution in [0.4, 0.5) is 0 Å². The van der Waals surface area contributed by atoms with Crippen molar-refractivity contribution >= 4 is 29.4 Å². The van der Waals surface area contributed by atoms with Gasteiger partial charge in [-0.05, 0) is 31.2 Å². The van der Waals surface area contributed by atoms with E-state index in [1.54, 1.807) is 17.0 Å². The van der Waals surface area contributed by atoms with Gasteiger partial charge in [0.25, 0.3) is 5.91 Å². The molecule has 0 bridgehead atoms. The largest absolute Gasteiger partial charge is 0.481 e. The van der Waals surface area contributed by atoms with Crippen LogP contribution in [0.3, 0.4) is 0 Å². The van der Waals surface area contributed by atoms with Crippen LogP contribution in [0.25, 0.3) is 0 Å². The highest BCUT2D eigenvalue weighted by Gasteiger charge is 2.43. The summed E-state index contributed by atoms with van der Waals surface area (Å²) in [5, 5.41) is 8.72. The number of ether oxygens (including phenoxy) is 1. The van der Waals surface area contributed by atoms with Crippen LogP contribution >= 0.6 is 11.8 Å². The minimum atomic E-state index is -1.13. The number of carbonyl (C=O) groups is 3.